The second kappa shape index (κ2) is 7.91. The Hall–Kier alpha value is -1.71. The lowest BCUT2D eigenvalue weighted by molar-refractivity contribution is -0.147. The average Bonchev–Trinajstić information content (AvgIpc) is 2.43. The molecule has 24 heavy (non-hydrogen) atoms. The molecule has 0 saturated heterocycles. The zero-order valence-electron chi connectivity index (χ0n) is 15.6. The molecule has 0 aromatic heterocycles. The van der Waals surface area contributed by atoms with Crippen molar-refractivity contribution >= 4 is 5.97 Å². The van der Waals surface area contributed by atoms with Gasteiger partial charge in [-0.3, -0.25) is 4.79 Å². The molecule has 0 unspecified atom stereocenters. The lowest BCUT2D eigenvalue weighted by Gasteiger charge is -2.21. The zero-order chi connectivity index (χ0) is 18.5. The van der Waals surface area contributed by atoms with E-state index in [4.69, 9.17) is 0 Å². The lowest BCUT2D eigenvalue weighted by Crippen LogP contribution is -2.23. The van der Waals surface area contributed by atoms with Gasteiger partial charge in [-0.2, -0.15) is 0 Å². The van der Waals surface area contributed by atoms with Gasteiger partial charge >= 0.3 is 5.97 Å². The third kappa shape index (κ3) is 6.06. The summed E-state index contributed by atoms with van der Waals surface area (Å²) in [7, 11) is 0. The Morgan fingerprint density at radius 3 is 1.67 bits per heavy atom. The number of carboxylic acid groups (broad SMARTS) is 1. The Kier molecular flexibility index (Phi) is 6.70. The second-order valence-electron chi connectivity index (χ2n) is 8.52. The van der Waals surface area contributed by atoms with E-state index in [9.17, 15) is 20.1 Å². The maximum absolute atomic E-state index is 11.2. The predicted octanol–water partition coefficient (Wildman–Crippen LogP) is 4.90. The van der Waals surface area contributed by atoms with Gasteiger partial charge in [0.2, 0.25) is 0 Å². The number of hydrogen-bond acceptors (Lipinski definition) is 3. The summed E-state index contributed by atoms with van der Waals surface area (Å²) in [5.74, 6) is -0.408. The van der Waals surface area contributed by atoms with Gasteiger partial charge in [0.05, 0.1) is 5.41 Å². The number of benzene rings is 1. The molecule has 4 nitrogen and oxygen atoms in total. The maximum atomic E-state index is 11.2. The van der Waals surface area contributed by atoms with Gasteiger partial charge in [-0.25, -0.2) is 0 Å². The van der Waals surface area contributed by atoms with Crippen LogP contribution in [0.1, 0.15) is 71.4 Å². The SMILES string of the molecule is CC(C)(C)CCCc1c(O)ccc(O)c1CCCC(C)(C)C(=O)O. The minimum absolute atomic E-state index is 0.187. The van der Waals surface area contributed by atoms with Crippen molar-refractivity contribution in [1.29, 1.82) is 0 Å². The van der Waals surface area contributed by atoms with E-state index >= 15 is 0 Å². The van der Waals surface area contributed by atoms with Crippen molar-refractivity contribution in [3.8, 4) is 11.5 Å². The molecule has 1 rings (SSSR count). The van der Waals surface area contributed by atoms with Crippen molar-refractivity contribution in [3.63, 3.8) is 0 Å². The molecule has 0 radical (unpaired) electrons. The number of phenolic OH excluding ortho intramolecular Hbond substituents is 2. The summed E-state index contributed by atoms with van der Waals surface area (Å²) in [5, 5.41) is 29.6. The molecule has 1 aromatic rings. The number of carboxylic acids is 1. The molecule has 0 aliphatic heterocycles. The van der Waals surface area contributed by atoms with E-state index < -0.39 is 11.4 Å². The van der Waals surface area contributed by atoms with Crippen LogP contribution in [0.3, 0.4) is 0 Å². The first-order valence-corrected chi connectivity index (χ1v) is 8.70. The molecule has 0 bridgehead atoms. The number of rotatable bonds is 8. The third-order valence-corrected chi connectivity index (χ3v) is 4.54. The van der Waals surface area contributed by atoms with Crippen molar-refractivity contribution in [2.75, 3.05) is 0 Å². The minimum atomic E-state index is -0.812. The first-order valence-electron chi connectivity index (χ1n) is 8.70. The standard InChI is InChI=1S/C20H32O4/c1-19(2,3)12-6-8-14-15(17(22)11-10-16(14)21)9-7-13-20(4,5)18(23)24/h10-11,21-22H,6-9,12-13H2,1-5H3,(H,23,24). The summed E-state index contributed by atoms with van der Waals surface area (Å²) in [6.07, 6.45) is 4.44. The molecule has 0 amide bonds. The quantitative estimate of drug-likeness (QED) is 0.590. The minimum Gasteiger partial charge on any atom is -0.508 e. The number of carbonyl (C=O) groups is 1. The Morgan fingerprint density at radius 1 is 0.875 bits per heavy atom. The highest BCUT2D eigenvalue weighted by molar-refractivity contribution is 5.73. The Balaban J connectivity index is 2.82. The fraction of sp³-hybridized carbons (Fsp3) is 0.650. The molecule has 1 aromatic carbocycles. The fourth-order valence-electron chi connectivity index (χ4n) is 2.84. The van der Waals surface area contributed by atoms with Crippen molar-refractivity contribution in [1.82, 2.24) is 0 Å². The molecule has 0 aliphatic rings. The van der Waals surface area contributed by atoms with Crippen LogP contribution in [-0.2, 0) is 17.6 Å². The molecule has 0 atom stereocenters. The molecule has 4 heteroatoms. The van der Waals surface area contributed by atoms with E-state index in [1.54, 1.807) is 13.8 Å². The average molecular weight is 336 g/mol. The van der Waals surface area contributed by atoms with Crippen molar-refractivity contribution in [2.45, 2.75) is 73.1 Å². The number of aliphatic carboxylic acids is 1. The van der Waals surface area contributed by atoms with Gasteiger partial charge in [0.1, 0.15) is 11.5 Å². The maximum Gasteiger partial charge on any atom is 0.309 e. The Labute approximate surface area is 145 Å². The first kappa shape index (κ1) is 20.3. The molecular weight excluding hydrogens is 304 g/mol. The summed E-state index contributed by atoms with van der Waals surface area (Å²) in [6.45, 7) is 9.97. The van der Waals surface area contributed by atoms with E-state index in [0.29, 0.717) is 19.3 Å². The number of phenols is 2. The Morgan fingerprint density at radius 2 is 1.29 bits per heavy atom. The highest BCUT2D eigenvalue weighted by atomic mass is 16.4. The molecule has 0 aliphatic carbocycles. The van der Waals surface area contributed by atoms with Crippen LogP contribution < -0.4 is 0 Å². The van der Waals surface area contributed by atoms with Gasteiger partial charge in [0, 0.05) is 11.1 Å². The summed E-state index contributed by atoms with van der Waals surface area (Å²) in [4.78, 5) is 11.2. The summed E-state index contributed by atoms with van der Waals surface area (Å²) < 4.78 is 0. The highest BCUT2D eigenvalue weighted by Crippen LogP contribution is 2.34. The van der Waals surface area contributed by atoms with Gasteiger partial charge in [-0.05, 0) is 69.9 Å². The smallest absolute Gasteiger partial charge is 0.309 e. The van der Waals surface area contributed by atoms with E-state index in [-0.39, 0.29) is 16.9 Å². The van der Waals surface area contributed by atoms with Crippen LogP contribution >= 0.6 is 0 Å². The number of hydrogen-bond donors (Lipinski definition) is 3. The second-order valence-corrected chi connectivity index (χ2v) is 8.52. The van der Waals surface area contributed by atoms with Crippen LogP contribution in [0.25, 0.3) is 0 Å². The molecule has 3 N–H and O–H groups in total. The van der Waals surface area contributed by atoms with E-state index in [2.05, 4.69) is 20.8 Å². The fourth-order valence-corrected chi connectivity index (χ4v) is 2.84. The summed E-state index contributed by atoms with van der Waals surface area (Å²) in [6, 6.07) is 3.05. The van der Waals surface area contributed by atoms with Gasteiger partial charge in [0.25, 0.3) is 0 Å². The molecular formula is C20H32O4. The highest BCUT2D eigenvalue weighted by Gasteiger charge is 2.26. The number of aromatic hydroxyl groups is 2. The lowest BCUT2D eigenvalue weighted by atomic mass is 9.85. The molecule has 0 saturated carbocycles. The third-order valence-electron chi connectivity index (χ3n) is 4.54. The molecule has 0 spiro atoms. The molecule has 0 heterocycles. The van der Waals surface area contributed by atoms with Crippen molar-refractivity contribution in [2.24, 2.45) is 10.8 Å². The monoisotopic (exact) mass is 336 g/mol. The summed E-state index contributed by atoms with van der Waals surface area (Å²) >= 11 is 0. The van der Waals surface area contributed by atoms with Gasteiger partial charge < -0.3 is 15.3 Å². The van der Waals surface area contributed by atoms with Crippen LogP contribution in [0.4, 0.5) is 0 Å². The van der Waals surface area contributed by atoms with Crippen molar-refractivity contribution in [3.05, 3.63) is 23.3 Å². The molecule has 136 valence electrons. The first-order chi connectivity index (χ1) is 10.9. The van der Waals surface area contributed by atoms with Crippen LogP contribution in [0, 0.1) is 10.8 Å². The van der Waals surface area contributed by atoms with Crippen LogP contribution in [0.2, 0.25) is 0 Å². The van der Waals surface area contributed by atoms with Crippen LogP contribution in [-0.4, -0.2) is 21.3 Å². The predicted molar refractivity (Wildman–Crippen MR) is 96.5 cm³/mol. The van der Waals surface area contributed by atoms with Gasteiger partial charge in [0.15, 0.2) is 0 Å². The normalized spacial score (nSPS) is 12.4. The van der Waals surface area contributed by atoms with Crippen LogP contribution in [0.15, 0.2) is 12.1 Å². The van der Waals surface area contributed by atoms with E-state index in [1.807, 2.05) is 0 Å². The zero-order valence-corrected chi connectivity index (χ0v) is 15.6. The summed E-state index contributed by atoms with van der Waals surface area (Å²) in [5.41, 5.74) is 1.01. The molecule has 0 fully saturated rings. The Bertz CT molecular complexity index is 568. The topological polar surface area (TPSA) is 77.8 Å². The largest absolute Gasteiger partial charge is 0.508 e. The van der Waals surface area contributed by atoms with E-state index in [0.717, 1.165) is 30.4 Å². The van der Waals surface area contributed by atoms with Gasteiger partial charge in [-0.15, -0.1) is 0 Å². The van der Waals surface area contributed by atoms with Crippen LogP contribution in [0.5, 0.6) is 11.5 Å². The van der Waals surface area contributed by atoms with Gasteiger partial charge in [-0.1, -0.05) is 20.8 Å². The van der Waals surface area contributed by atoms with Crippen molar-refractivity contribution < 1.29 is 20.1 Å². The van der Waals surface area contributed by atoms with E-state index in [1.165, 1.54) is 12.1 Å².